The molecule has 0 aliphatic carbocycles. The van der Waals surface area contributed by atoms with Gasteiger partial charge in [0.05, 0.1) is 16.1 Å². The smallest absolute Gasteiger partial charge is 0.250 e. The first-order valence-corrected chi connectivity index (χ1v) is 9.39. The number of nitrogens with two attached hydrogens (primary N) is 1. The highest BCUT2D eigenvalue weighted by molar-refractivity contribution is 6.34. The lowest BCUT2D eigenvalue weighted by Gasteiger charge is -2.35. The van der Waals surface area contributed by atoms with E-state index in [0.29, 0.717) is 10.6 Å². The van der Waals surface area contributed by atoms with Crippen molar-refractivity contribution < 1.29 is 4.79 Å². The summed E-state index contributed by atoms with van der Waals surface area (Å²) in [7, 11) is 0. The molecule has 1 saturated heterocycles. The number of halogens is 1. The molecule has 1 aliphatic rings. The van der Waals surface area contributed by atoms with Crippen LogP contribution in [0.3, 0.4) is 0 Å². The zero-order valence-corrected chi connectivity index (χ0v) is 15.3. The van der Waals surface area contributed by atoms with Crippen molar-refractivity contribution in [3.63, 3.8) is 0 Å². The number of carbonyl (C=O) groups is 1. The summed E-state index contributed by atoms with van der Waals surface area (Å²) in [5, 5.41) is 3.74. The maximum Gasteiger partial charge on any atom is 0.250 e. The molecule has 1 amide bonds. The average Bonchev–Trinajstić information content (AvgIpc) is 3.05. The van der Waals surface area contributed by atoms with Crippen molar-refractivity contribution in [2.45, 2.75) is 19.3 Å². The van der Waals surface area contributed by atoms with Crippen molar-refractivity contribution in [3.8, 4) is 0 Å². The number of aromatic nitrogens is 1. The second-order valence-electron chi connectivity index (χ2n) is 7.00. The Labute approximate surface area is 158 Å². The molecule has 0 bridgehead atoms. The highest BCUT2D eigenvalue weighted by atomic mass is 35.5. The Bertz CT molecular complexity index is 927. The number of carbonyl (C=O) groups excluding carboxylic acids is 1. The molecule has 0 radical (unpaired) electrons. The van der Waals surface area contributed by atoms with E-state index in [-0.39, 0.29) is 0 Å². The third-order valence-corrected chi connectivity index (χ3v) is 5.60. The number of amides is 1. The molecule has 4 nitrogen and oxygen atoms in total. The van der Waals surface area contributed by atoms with E-state index in [0.717, 1.165) is 36.3 Å². The average molecular weight is 368 g/mol. The van der Waals surface area contributed by atoms with Crippen molar-refractivity contribution >= 4 is 28.4 Å². The topological polar surface area (TPSA) is 51.3 Å². The van der Waals surface area contributed by atoms with E-state index in [4.69, 9.17) is 17.3 Å². The third-order valence-electron chi connectivity index (χ3n) is 5.29. The fourth-order valence-corrected chi connectivity index (χ4v) is 4.12. The SMILES string of the molecule is NC(=O)c1cc2ccn(N3CCC(Cc4ccccc4)CC3)c2cc1Cl. The molecular weight excluding hydrogens is 346 g/mol. The number of rotatable bonds is 4. The molecule has 26 heavy (non-hydrogen) atoms. The van der Waals surface area contributed by atoms with Gasteiger partial charge >= 0.3 is 0 Å². The molecule has 2 heterocycles. The zero-order valence-electron chi connectivity index (χ0n) is 14.6. The van der Waals surface area contributed by atoms with Crippen molar-refractivity contribution in [1.29, 1.82) is 0 Å². The lowest BCUT2D eigenvalue weighted by Crippen LogP contribution is -2.41. The highest BCUT2D eigenvalue weighted by Gasteiger charge is 2.21. The lowest BCUT2D eigenvalue weighted by molar-refractivity contribution is 0.100. The van der Waals surface area contributed by atoms with Crippen LogP contribution in [0.25, 0.3) is 10.9 Å². The molecule has 134 valence electrons. The number of fused-ring (bicyclic) bond motifs is 1. The highest BCUT2D eigenvalue weighted by Crippen LogP contribution is 2.27. The summed E-state index contributed by atoms with van der Waals surface area (Å²) in [6, 6.07) is 16.3. The summed E-state index contributed by atoms with van der Waals surface area (Å²) < 4.78 is 2.16. The maximum atomic E-state index is 11.5. The minimum absolute atomic E-state index is 0.374. The summed E-state index contributed by atoms with van der Waals surface area (Å²) in [6.07, 6.45) is 5.53. The Hall–Kier alpha value is -2.46. The van der Waals surface area contributed by atoms with Gasteiger partial charge < -0.3 is 10.7 Å². The van der Waals surface area contributed by atoms with E-state index < -0.39 is 5.91 Å². The summed E-state index contributed by atoms with van der Waals surface area (Å²) >= 11 is 6.25. The molecule has 1 aromatic heterocycles. The molecule has 2 aromatic carbocycles. The van der Waals surface area contributed by atoms with Crippen LogP contribution >= 0.6 is 11.6 Å². The second kappa shape index (κ2) is 7.04. The minimum Gasteiger partial charge on any atom is -0.366 e. The van der Waals surface area contributed by atoms with E-state index in [1.54, 1.807) is 6.07 Å². The molecule has 0 atom stereocenters. The van der Waals surface area contributed by atoms with Gasteiger partial charge in [-0.25, -0.2) is 0 Å². The molecule has 1 aliphatic heterocycles. The number of primary amides is 1. The number of benzene rings is 2. The zero-order chi connectivity index (χ0) is 18.1. The van der Waals surface area contributed by atoms with Crippen LogP contribution in [0.1, 0.15) is 28.8 Å². The van der Waals surface area contributed by atoms with Gasteiger partial charge in [-0.1, -0.05) is 41.9 Å². The summed E-state index contributed by atoms with van der Waals surface area (Å²) in [5.74, 6) is 0.229. The largest absolute Gasteiger partial charge is 0.366 e. The van der Waals surface area contributed by atoms with Gasteiger partial charge in [0.2, 0.25) is 5.91 Å². The normalized spacial score (nSPS) is 15.5. The van der Waals surface area contributed by atoms with Gasteiger partial charge in [-0.2, -0.15) is 0 Å². The monoisotopic (exact) mass is 367 g/mol. The quantitative estimate of drug-likeness (QED) is 0.758. The maximum absolute atomic E-state index is 11.5. The van der Waals surface area contributed by atoms with E-state index in [1.165, 1.54) is 18.4 Å². The van der Waals surface area contributed by atoms with Crippen molar-refractivity contribution in [2.24, 2.45) is 11.7 Å². The molecule has 0 spiro atoms. The lowest BCUT2D eigenvalue weighted by atomic mass is 9.91. The first-order chi connectivity index (χ1) is 12.6. The number of nitrogens with zero attached hydrogens (tertiary/aromatic N) is 2. The summed E-state index contributed by atoms with van der Waals surface area (Å²) in [6.45, 7) is 2.02. The fraction of sp³-hybridized carbons (Fsp3) is 0.286. The molecule has 0 unspecified atom stereocenters. The predicted molar refractivity (Wildman–Crippen MR) is 106 cm³/mol. The molecule has 5 heteroatoms. The van der Waals surface area contributed by atoms with E-state index in [1.807, 2.05) is 18.3 Å². The van der Waals surface area contributed by atoms with Crippen LogP contribution in [0.4, 0.5) is 0 Å². The van der Waals surface area contributed by atoms with Crippen LogP contribution in [-0.4, -0.2) is 23.7 Å². The number of piperidine rings is 1. The second-order valence-corrected chi connectivity index (χ2v) is 7.41. The Kier molecular flexibility index (Phi) is 4.60. The van der Waals surface area contributed by atoms with Crippen molar-refractivity contribution in [1.82, 2.24) is 4.68 Å². The van der Waals surface area contributed by atoms with Gasteiger partial charge in [0.1, 0.15) is 0 Å². The van der Waals surface area contributed by atoms with Crippen LogP contribution in [0.15, 0.2) is 54.7 Å². The Morgan fingerprint density at radius 2 is 1.85 bits per heavy atom. The summed E-state index contributed by atoms with van der Waals surface area (Å²) in [5.41, 5.74) is 8.20. The van der Waals surface area contributed by atoms with Crippen LogP contribution in [0.5, 0.6) is 0 Å². The fourth-order valence-electron chi connectivity index (χ4n) is 3.86. The third kappa shape index (κ3) is 3.29. The van der Waals surface area contributed by atoms with Crippen molar-refractivity contribution in [2.75, 3.05) is 18.1 Å². The Morgan fingerprint density at radius 3 is 2.54 bits per heavy atom. The minimum atomic E-state index is -0.494. The first kappa shape index (κ1) is 17.0. The van der Waals surface area contributed by atoms with Gasteiger partial charge in [-0.05, 0) is 48.9 Å². The van der Waals surface area contributed by atoms with Crippen molar-refractivity contribution in [3.05, 3.63) is 70.9 Å². The Balaban J connectivity index is 1.49. The van der Waals surface area contributed by atoms with Crippen LogP contribution in [0, 0.1) is 5.92 Å². The Morgan fingerprint density at radius 1 is 1.12 bits per heavy atom. The molecule has 1 fully saturated rings. The van der Waals surface area contributed by atoms with Gasteiger partial charge in [0, 0.05) is 24.7 Å². The van der Waals surface area contributed by atoms with Crippen LogP contribution in [-0.2, 0) is 6.42 Å². The number of hydrogen-bond acceptors (Lipinski definition) is 2. The van der Waals surface area contributed by atoms with Gasteiger partial charge in [-0.3, -0.25) is 9.47 Å². The first-order valence-electron chi connectivity index (χ1n) is 9.01. The van der Waals surface area contributed by atoms with E-state index >= 15 is 0 Å². The van der Waals surface area contributed by atoms with E-state index in [9.17, 15) is 4.79 Å². The summed E-state index contributed by atoms with van der Waals surface area (Å²) in [4.78, 5) is 11.5. The standard InChI is InChI=1S/C21H22ClN3O/c22-19-14-20-17(13-18(19)21(23)26)8-11-25(20)24-9-6-16(7-10-24)12-15-4-2-1-3-5-15/h1-5,8,11,13-14,16H,6-7,9-10,12H2,(H2,23,26). The molecular formula is C21H22ClN3O. The van der Waals surface area contributed by atoms with E-state index in [2.05, 4.69) is 40.0 Å². The van der Waals surface area contributed by atoms with Gasteiger partial charge in [-0.15, -0.1) is 0 Å². The molecule has 0 saturated carbocycles. The van der Waals surface area contributed by atoms with Crippen LogP contribution in [0.2, 0.25) is 5.02 Å². The van der Waals surface area contributed by atoms with Gasteiger partial charge in [0.25, 0.3) is 0 Å². The van der Waals surface area contributed by atoms with Crippen LogP contribution < -0.4 is 10.7 Å². The predicted octanol–water partition coefficient (Wildman–Crippen LogP) is 3.98. The molecule has 4 rings (SSSR count). The molecule has 2 N–H and O–H groups in total. The number of hydrogen-bond donors (Lipinski definition) is 1. The molecule has 3 aromatic rings. The van der Waals surface area contributed by atoms with Gasteiger partial charge in [0.15, 0.2) is 0 Å².